The predicted octanol–water partition coefficient (Wildman–Crippen LogP) is 4.93. The van der Waals surface area contributed by atoms with Crippen LogP contribution in [0.2, 0.25) is 0 Å². The van der Waals surface area contributed by atoms with E-state index >= 15 is 0 Å². The lowest BCUT2D eigenvalue weighted by Crippen LogP contribution is -2.36. The van der Waals surface area contributed by atoms with E-state index in [1.807, 2.05) is 30.3 Å². The van der Waals surface area contributed by atoms with Crippen LogP contribution in [0.1, 0.15) is 25.7 Å². The lowest BCUT2D eigenvalue weighted by atomic mass is 10.1. The van der Waals surface area contributed by atoms with Gasteiger partial charge in [-0.15, -0.1) is 6.58 Å². The number of nitrogens with zero attached hydrogens (tertiary/aromatic N) is 3. The second-order valence-electron chi connectivity index (χ2n) is 8.71. The van der Waals surface area contributed by atoms with Crippen LogP contribution in [0.5, 0.6) is 11.5 Å². The highest BCUT2D eigenvalue weighted by atomic mass is 16.5. The molecule has 0 saturated heterocycles. The molecule has 2 aromatic heterocycles. The number of para-hydroxylation sites is 2. The van der Waals surface area contributed by atoms with Crippen LogP contribution in [-0.4, -0.2) is 39.9 Å². The molecule has 1 aliphatic rings. The summed E-state index contributed by atoms with van der Waals surface area (Å²) in [4.78, 5) is 30.6. The summed E-state index contributed by atoms with van der Waals surface area (Å²) in [5, 5.41) is 2.67. The molecule has 8 heteroatoms. The Morgan fingerprint density at radius 2 is 1.83 bits per heavy atom. The first-order valence-electron chi connectivity index (χ1n) is 12.0. The van der Waals surface area contributed by atoms with E-state index in [4.69, 9.17) is 9.47 Å². The highest BCUT2D eigenvalue weighted by Gasteiger charge is 2.21. The van der Waals surface area contributed by atoms with Gasteiger partial charge in [0.05, 0.1) is 24.2 Å². The monoisotopic (exact) mass is 484 g/mol. The molecule has 1 N–H and O–H groups in total. The van der Waals surface area contributed by atoms with Gasteiger partial charge in [-0.1, -0.05) is 24.3 Å². The maximum absolute atomic E-state index is 13.3. The summed E-state index contributed by atoms with van der Waals surface area (Å²) in [6.07, 6.45) is 7.96. The van der Waals surface area contributed by atoms with Crippen LogP contribution in [0.15, 0.2) is 78.2 Å². The SMILES string of the molecule is C=CCNC(=O)n1c(=O)n(-c2ccc(-c3ccc(OC)c(OC4CCCC4)c3)cn2)c2ccccc21. The van der Waals surface area contributed by atoms with E-state index in [1.165, 1.54) is 17.4 Å². The van der Waals surface area contributed by atoms with Crippen molar-refractivity contribution in [2.45, 2.75) is 31.8 Å². The Kier molecular flexibility index (Phi) is 6.58. The zero-order valence-electron chi connectivity index (χ0n) is 20.1. The van der Waals surface area contributed by atoms with E-state index < -0.39 is 11.7 Å². The molecule has 1 saturated carbocycles. The van der Waals surface area contributed by atoms with Crippen molar-refractivity contribution in [1.29, 1.82) is 0 Å². The standard InChI is InChI=1S/C28H28N4O4/c1-3-16-29-27(33)32-23-11-7-6-10-22(23)31(28(32)34)26-15-13-20(18-30-26)19-12-14-24(35-2)25(17-19)36-21-8-4-5-9-21/h3,6-7,10-15,17-18,21H,1,4-5,8-9,16H2,2H3,(H,29,33). The van der Waals surface area contributed by atoms with Gasteiger partial charge in [0.1, 0.15) is 5.82 Å². The van der Waals surface area contributed by atoms with Crippen LogP contribution in [-0.2, 0) is 0 Å². The zero-order valence-corrected chi connectivity index (χ0v) is 20.1. The number of ether oxygens (including phenoxy) is 2. The van der Waals surface area contributed by atoms with Gasteiger partial charge in [-0.05, 0) is 67.6 Å². The maximum atomic E-state index is 13.3. The molecule has 2 heterocycles. The van der Waals surface area contributed by atoms with Crippen LogP contribution in [0, 0.1) is 0 Å². The normalized spacial score (nSPS) is 13.6. The topological polar surface area (TPSA) is 87.4 Å². The van der Waals surface area contributed by atoms with Crippen molar-refractivity contribution >= 4 is 17.1 Å². The Bertz CT molecular complexity index is 1460. The third-order valence-electron chi connectivity index (χ3n) is 6.42. The molecule has 4 aromatic rings. The van der Waals surface area contributed by atoms with Gasteiger partial charge in [-0.2, -0.15) is 0 Å². The van der Waals surface area contributed by atoms with Gasteiger partial charge in [0.25, 0.3) is 0 Å². The number of methoxy groups -OCH3 is 1. The third kappa shape index (κ3) is 4.37. The summed E-state index contributed by atoms with van der Waals surface area (Å²) < 4.78 is 14.3. The number of carbonyl (C=O) groups excluding carboxylic acids is 1. The minimum absolute atomic E-state index is 0.211. The first kappa shape index (κ1) is 23.4. The number of hydrogen-bond acceptors (Lipinski definition) is 5. The fraction of sp³-hybridized carbons (Fsp3) is 0.250. The Morgan fingerprint density at radius 3 is 2.53 bits per heavy atom. The van der Waals surface area contributed by atoms with Crippen LogP contribution in [0.3, 0.4) is 0 Å². The van der Waals surface area contributed by atoms with Crippen molar-refractivity contribution in [1.82, 2.24) is 19.4 Å². The fourth-order valence-corrected chi connectivity index (χ4v) is 4.63. The number of benzene rings is 2. The van der Waals surface area contributed by atoms with Gasteiger partial charge in [0, 0.05) is 18.3 Å². The lowest BCUT2D eigenvalue weighted by Gasteiger charge is -2.17. The van der Waals surface area contributed by atoms with E-state index in [0.29, 0.717) is 22.6 Å². The minimum Gasteiger partial charge on any atom is -0.493 e. The summed E-state index contributed by atoms with van der Waals surface area (Å²) in [6, 6.07) is 16.1. The van der Waals surface area contributed by atoms with Crippen LogP contribution < -0.4 is 20.5 Å². The van der Waals surface area contributed by atoms with Crippen molar-refractivity contribution in [3.8, 4) is 28.4 Å². The molecule has 1 aliphatic carbocycles. The quantitative estimate of drug-likeness (QED) is 0.376. The molecule has 0 aliphatic heterocycles. The number of fused-ring (bicyclic) bond motifs is 1. The summed E-state index contributed by atoms with van der Waals surface area (Å²) in [7, 11) is 1.64. The summed E-state index contributed by atoms with van der Waals surface area (Å²) >= 11 is 0. The van der Waals surface area contributed by atoms with Crippen LogP contribution in [0.25, 0.3) is 28.0 Å². The number of hydrogen-bond donors (Lipinski definition) is 1. The zero-order chi connectivity index (χ0) is 25.1. The van der Waals surface area contributed by atoms with Crippen molar-refractivity contribution in [2.75, 3.05) is 13.7 Å². The molecule has 36 heavy (non-hydrogen) atoms. The van der Waals surface area contributed by atoms with Crippen LogP contribution >= 0.6 is 0 Å². The number of rotatable bonds is 7. The fourth-order valence-electron chi connectivity index (χ4n) is 4.63. The molecular weight excluding hydrogens is 456 g/mol. The Labute approximate surface area is 208 Å². The largest absolute Gasteiger partial charge is 0.493 e. The molecule has 0 atom stereocenters. The van der Waals surface area contributed by atoms with E-state index in [1.54, 1.807) is 43.6 Å². The maximum Gasteiger partial charge on any atom is 0.343 e. The van der Waals surface area contributed by atoms with E-state index in [9.17, 15) is 9.59 Å². The van der Waals surface area contributed by atoms with Crippen molar-refractivity contribution in [3.63, 3.8) is 0 Å². The number of amides is 1. The second-order valence-corrected chi connectivity index (χ2v) is 8.71. The second kappa shape index (κ2) is 10.1. The number of aromatic nitrogens is 3. The molecule has 1 amide bonds. The molecule has 5 rings (SSSR count). The number of nitrogens with one attached hydrogen (secondary N) is 1. The number of imidazole rings is 1. The molecule has 0 spiro atoms. The van der Waals surface area contributed by atoms with Crippen molar-refractivity contribution in [3.05, 3.63) is 83.9 Å². The summed E-state index contributed by atoms with van der Waals surface area (Å²) in [6.45, 7) is 3.86. The number of pyridine rings is 1. The third-order valence-corrected chi connectivity index (χ3v) is 6.42. The van der Waals surface area contributed by atoms with Gasteiger partial charge in [0.15, 0.2) is 11.5 Å². The van der Waals surface area contributed by atoms with Gasteiger partial charge >= 0.3 is 11.7 Å². The molecule has 2 aromatic carbocycles. The molecule has 1 fully saturated rings. The molecule has 0 radical (unpaired) electrons. The van der Waals surface area contributed by atoms with E-state index in [-0.39, 0.29) is 12.6 Å². The summed E-state index contributed by atoms with van der Waals surface area (Å²) in [5.41, 5.74) is 2.40. The smallest absolute Gasteiger partial charge is 0.343 e. The first-order chi connectivity index (χ1) is 17.6. The highest BCUT2D eigenvalue weighted by Crippen LogP contribution is 2.35. The first-order valence-corrected chi connectivity index (χ1v) is 12.0. The van der Waals surface area contributed by atoms with E-state index in [2.05, 4.69) is 16.9 Å². The highest BCUT2D eigenvalue weighted by molar-refractivity contribution is 5.90. The van der Waals surface area contributed by atoms with Crippen LogP contribution in [0.4, 0.5) is 4.79 Å². The Balaban J connectivity index is 1.50. The Morgan fingerprint density at radius 1 is 1.08 bits per heavy atom. The van der Waals surface area contributed by atoms with E-state index in [0.717, 1.165) is 34.3 Å². The van der Waals surface area contributed by atoms with Crippen molar-refractivity contribution in [2.24, 2.45) is 0 Å². The molecule has 0 unspecified atom stereocenters. The average molecular weight is 485 g/mol. The minimum atomic E-state index is -0.514. The van der Waals surface area contributed by atoms with Crippen molar-refractivity contribution < 1.29 is 14.3 Å². The van der Waals surface area contributed by atoms with Gasteiger partial charge < -0.3 is 14.8 Å². The molecular formula is C28H28N4O4. The average Bonchev–Trinajstić information content (AvgIpc) is 3.52. The lowest BCUT2D eigenvalue weighted by molar-refractivity contribution is 0.201. The predicted molar refractivity (Wildman–Crippen MR) is 139 cm³/mol. The molecule has 8 nitrogen and oxygen atoms in total. The molecule has 0 bridgehead atoms. The molecule has 184 valence electrons. The van der Waals surface area contributed by atoms with Gasteiger partial charge in [-0.25, -0.2) is 23.7 Å². The number of carbonyl (C=O) groups is 1. The Hall–Kier alpha value is -4.33. The van der Waals surface area contributed by atoms with Gasteiger partial charge in [-0.3, -0.25) is 0 Å². The summed E-state index contributed by atoms with van der Waals surface area (Å²) in [5.74, 6) is 1.84. The van der Waals surface area contributed by atoms with Gasteiger partial charge in [0.2, 0.25) is 0 Å².